The van der Waals surface area contributed by atoms with E-state index in [4.69, 9.17) is 5.73 Å². The van der Waals surface area contributed by atoms with Crippen LogP contribution in [0.25, 0.3) is 5.82 Å². The van der Waals surface area contributed by atoms with Gasteiger partial charge in [-0.25, -0.2) is 13.4 Å². The number of hydrogen-bond acceptors (Lipinski definition) is 7. The lowest BCUT2D eigenvalue weighted by Crippen LogP contribution is -2.13. The van der Waals surface area contributed by atoms with Crippen LogP contribution in [-0.2, 0) is 9.84 Å². The molecular formula is C10H14N6O2S. The van der Waals surface area contributed by atoms with E-state index in [1.165, 1.54) is 23.3 Å². The van der Waals surface area contributed by atoms with Gasteiger partial charge in [-0.3, -0.25) is 4.98 Å². The zero-order valence-corrected chi connectivity index (χ0v) is 11.6. The molecule has 0 aliphatic carbocycles. The predicted molar refractivity (Wildman–Crippen MR) is 71.0 cm³/mol. The lowest BCUT2D eigenvalue weighted by molar-refractivity contribution is 0.602. The maximum Gasteiger partial charge on any atom is 0.182 e. The summed E-state index contributed by atoms with van der Waals surface area (Å²) in [6.45, 7) is 0. The van der Waals surface area contributed by atoms with Crippen LogP contribution >= 0.6 is 0 Å². The predicted octanol–water partition coefficient (Wildman–Crippen LogP) is -0.286. The molecule has 2 N–H and O–H groups in total. The van der Waals surface area contributed by atoms with Gasteiger partial charge in [-0.1, -0.05) is 0 Å². The van der Waals surface area contributed by atoms with Crippen molar-refractivity contribution in [3.8, 4) is 5.82 Å². The van der Waals surface area contributed by atoms with Crippen LogP contribution in [0, 0.1) is 0 Å². The van der Waals surface area contributed by atoms with Crippen molar-refractivity contribution in [2.24, 2.45) is 0 Å². The third-order valence-electron chi connectivity index (χ3n) is 2.42. The van der Waals surface area contributed by atoms with Gasteiger partial charge in [-0.15, -0.1) is 5.10 Å². The number of rotatable bonds is 3. The normalized spacial score (nSPS) is 11.5. The lowest BCUT2D eigenvalue weighted by Gasteiger charge is -2.09. The van der Waals surface area contributed by atoms with Crippen molar-refractivity contribution in [3.05, 3.63) is 18.6 Å². The fraction of sp³-hybridized carbons (Fsp3) is 0.300. The molecule has 9 heteroatoms. The molecule has 0 amide bonds. The smallest absolute Gasteiger partial charge is 0.182 e. The van der Waals surface area contributed by atoms with Crippen molar-refractivity contribution in [3.63, 3.8) is 0 Å². The minimum atomic E-state index is -3.49. The minimum absolute atomic E-state index is 0.0110. The monoisotopic (exact) mass is 282 g/mol. The molecule has 102 valence electrons. The molecule has 0 radical (unpaired) electrons. The molecule has 2 heterocycles. The summed E-state index contributed by atoms with van der Waals surface area (Å²) in [6, 6.07) is 0. The molecule has 0 bridgehead atoms. The van der Waals surface area contributed by atoms with Gasteiger partial charge in [0, 0.05) is 32.7 Å². The summed E-state index contributed by atoms with van der Waals surface area (Å²) in [5, 5.41) is 4.18. The van der Waals surface area contributed by atoms with E-state index in [2.05, 4.69) is 15.1 Å². The van der Waals surface area contributed by atoms with Gasteiger partial charge in [-0.05, 0) is 0 Å². The number of sulfone groups is 1. The molecule has 0 aromatic carbocycles. The molecule has 0 aliphatic heterocycles. The SMILES string of the molecule is CN(C)c1nn(-c2cnccn2)c(N)c1S(C)(=O)=O. The van der Waals surface area contributed by atoms with E-state index in [-0.39, 0.29) is 16.5 Å². The van der Waals surface area contributed by atoms with Crippen molar-refractivity contribution in [1.82, 2.24) is 19.7 Å². The Kier molecular flexibility index (Phi) is 3.14. The number of hydrogen-bond donors (Lipinski definition) is 1. The second-order valence-corrected chi connectivity index (χ2v) is 6.13. The average Bonchev–Trinajstić information content (AvgIpc) is 2.68. The first-order valence-electron chi connectivity index (χ1n) is 5.34. The Labute approximate surface area is 110 Å². The van der Waals surface area contributed by atoms with Crippen molar-refractivity contribution < 1.29 is 8.42 Å². The molecule has 0 spiro atoms. The van der Waals surface area contributed by atoms with Gasteiger partial charge in [0.1, 0.15) is 5.82 Å². The Balaban J connectivity index is 2.74. The molecule has 0 unspecified atom stereocenters. The standard InChI is InChI=1S/C10H14N6O2S/c1-15(2)10-8(19(3,17)18)9(11)16(14-10)7-6-12-4-5-13-7/h4-6H,11H2,1-3H3. The molecule has 8 nitrogen and oxygen atoms in total. The maximum atomic E-state index is 11.8. The topological polar surface area (TPSA) is 107 Å². The van der Waals surface area contributed by atoms with Crippen molar-refractivity contribution >= 4 is 21.5 Å². The van der Waals surface area contributed by atoms with Gasteiger partial charge in [0.05, 0.1) is 6.20 Å². The molecule has 2 rings (SSSR count). The largest absolute Gasteiger partial charge is 0.382 e. The van der Waals surface area contributed by atoms with Crippen LogP contribution in [0.3, 0.4) is 0 Å². The van der Waals surface area contributed by atoms with E-state index in [0.29, 0.717) is 5.82 Å². The molecular weight excluding hydrogens is 268 g/mol. The molecule has 19 heavy (non-hydrogen) atoms. The molecule has 2 aromatic heterocycles. The summed E-state index contributed by atoms with van der Waals surface area (Å²) in [6.07, 6.45) is 5.53. The summed E-state index contributed by atoms with van der Waals surface area (Å²) < 4.78 is 24.9. The summed E-state index contributed by atoms with van der Waals surface area (Å²) in [5.74, 6) is 0.648. The van der Waals surface area contributed by atoms with Crippen LogP contribution < -0.4 is 10.6 Å². The average molecular weight is 282 g/mol. The first kappa shape index (κ1) is 13.3. The first-order valence-corrected chi connectivity index (χ1v) is 7.23. The lowest BCUT2D eigenvalue weighted by atomic mass is 10.5. The number of aromatic nitrogens is 4. The molecule has 0 atom stereocenters. The summed E-state index contributed by atoms with van der Waals surface area (Å²) in [4.78, 5) is 9.53. The van der Waals surface area contributed by atoms with Crippen LogP contribution in [-0.4, -0.2) is 48.5 Å². The number of anilines is 2. The highest BCUT2D eigenvalue weighted by atomic mass is 32.2. The molecule has 2 aromatic rings. The van der Waals surface area contributed by atoms with E-state index in [0.717, 1.165) is 6.26 Å². The summed E-state index contributed by atoms with van der Waals surface area (Å²) >= 11 is 0. The Bertz CT molecular complexity index is 692. The number of nitrogens with two attached hydrogens (primary N) is 1. The zero-order valence-electron chi connectivity index (χ0n) is 10.8. The second-order valence-electron chi connectivity index (χ2n) is 4.18. The zero-order chi connectivity index (χ0) is 14.2. The van der Waals surface area contributed by atoms with Crippen molar-refractivity contribution in [2.45, 2.75) is 4.90 Å². The van der Waals surface area contributed by atoms with Gasteiger partial charge in [0.25, 0.3) is 0 Å². The molecule has 0 fully saturated rings. The fourth-order valence-corrected chi connectivity index (χ4v) is 2.65. The Morgan fingerprint density at radius 3 is 2.42 bits per heavy atom. The van der Waals surface area contributed by atoms with Crippen molar-refractivity contribution in [1.29, 1.82) is 0 Å². The van der Waals surface area contributed by atoms with Crippen LogP contribution in [0.5, 0.6) is 0 Å². The van der Waals surface area contributed by atoms with Gasteiger partial charge >= 0.3 is 0 Å². The highest BCUT2D eigenvalue weighted by Crippen LogP contribution is 2.30. The van der Waals surface area contributed by atoms with Gasteiger partial charge in [-0.2, -0.15) is 4.68 Å². The van der Waals surface area contributed by atoms with E-state index >= 15 is 0 Å². The fourth-order valence-electron chi connectivity index (χ4n) is 1.63. The van der Waals surface area contributed by atoms with E-state index < -0.39 is 9.84 Å². The Hall–Kier alpha value is -2.16. The van der Waals surface area contributed by atoms with Crippen LogP contribution in [0.15, 0.2) is 23.5 Å². The van der Waals surface area contributed by atoms with Crippen LogP contribution in [0.1, 0.15) is 0 Å². The third kappa shape index (κ3) is 2.36. The Morgan fingerprint density at radius 2 is 2.00 bits per heavy atom. The van der Waals surface area contributed by atoms with E-state index in [9.17, 15) is 8.42 Å². The Morgan fingerprint density at radius 1 is 1.32 bits per heavy atom. The quantitative estimate of drug-likeness (QED) is 0.824. The first-order chi connectivity index (χ1) is 8.82. The van der Waals surface area contributed by atoms with Crippen LogP contribution in [0.2, 0.25) is 0 Å². The summed E-state index contributed by atoms with van der Waals surface area (Å²) in [7, 11) is -0.111. The van der Waals surface area contributed by atoms with Gasteiger partial charge in [0.15, 0.2) is 26.4 Å². The van der Waals surface area contributed by atoms with E-state index in [1.807, 2.05) is 0 Å². The van der Waals surface area contributed by atoms with Gasteiger partial charge in [0.2, 0.25) is 0 Å². The van der Waals surface area contributed by atoms with Gasteiger partial charge < -0.3 is 10.6 Å². The molecule has 0 aliphatic rings. The molecule has 0 saturated carbocycles. The number of nitrogen functional groups attached to an aromatic ring is 1. The number of nitrogens with zero attached hydrogens (tertiary/aromatic N) is 5. The highest BCUT2D eigenvalue weighted by molar-refractivity contribution is 7.91. The maximum absolute atomic E-state index is 11.8. The second kappa shape index (κ2) is 4.50. The van der Waals surface area contributed by atoms with Crippen molar-refractivity contribution in [2.75, 3.05) is 31.0 Å². The summed E-state index contributed by atoms with van der Waals surface area (Å²) in [5.41, 5.74) is 5.89. The minimum Gasteiger partial charge on any atom is -0.382 e. The highest BCUT2D eigenvalue weighted by Gasteiger charge is 2.26. The van der Waals surface area contributed by atoms with Crippen LogP contribution in [0.4, 0.5) is 11.6 Å². The third-order valence-corrected chi connectivity index (χ3v) is 3.55. The molecule has 0 saturated heterocycles. The van der Waals surface area contributed by atoms with E-state index in [1.54, 1.807) is 19.0 Å².